The van der Waals surface area contributed by atoms with Gasteiger partial charge in [0.2, 0.25) is 0 Å². The summed E-state index contributed by atoms with van der Waals surface area (Å²) in [6, 6.07) is 4.82. The minimum Gasteiger partial charge on any atom is -0.451 e. The van der Waals surface area contributed by atoms with Gasteiger partial charge >= 0.3 is 5.97 Å². The third-order valence-electron chi connectivity index (χ3n) is 9.20. The molecule has 0 aliphatic heterocycles. The number of Topliss-reactive ketones (excluding diaryl/α,β-unsaturated/α-hetero) is 1. The van der Waals surface area contributed by atoms with Gasteiger partial charge in [-0.2, -0.15) is 0 Å². The fourth-order valence-electron chi connectivity index (χ4n) is 7.35. The van der Waals surface area contributed by atoms with Gasteiger partial charge in [0.05, 0.1) is 17.6 Å². The third-order valence-corrected chi connectivity index (χ3v) is 9.20. The SMILES string of the molecule is CC1=C[C@]23C(=O)[C@@H](C=C(CO)[C@@H](O)[C@]2(O)[C@H]1OC(=O)c1ccc(F)cc1)[C@H]1[C@@H](C[C@H]3C)C1(C)C. The zero-order chi connectivity index (χ0) is 24.8. The van der Waals surface area contributed by atoms with Crippen LogP contribution in [0, 0.1) is 40.3 Å². The number of esters is 1. The van der Waals surface area contributed by atoms with E-state index in [-0.39, 0.29) is 40.1 Å². The maximum absolute atomic E-state index is 14.3. The van der Waals surface area contributed by atoms with Crippen molar-refractivity contribution in [2.24, 2.45) is 34.5 Å². The van der Waals surface area contributed by atoms with Crippen molar-refractivity contribution in [1.29, 1.82) is 0 Å². The third kappa shape index (κ3) is 2.77. The van der Waals surface area contributed by atoms with Crippen molar-refractivity contribution in [2.75, 3.05) is 6.61 Å². The average Bonchev–Trinajstić information content (AvgIpc) is 3.28. The Morgan fingerprint density at radius 3 is 2.50 bits per heavy atom. The molecule has 5 rings (SSSR count). The lowest BCUT2D eigenvalue weighted by atomic mass is 9.59. The summed E-state index contributed by atoms with van der Waals surface area (Å²) in [4.78, 5) is 27.2. The van der Waals surface area contributed by atoms with Gasteiger partial charge in [-0.25, -0.2) is 9.18 Å². The molecular weight excluding hydrogens is 439 g/mol. The zero-order valence-corrected chi connectivity index (χ0v) is 19.8. The molecule has 0 aromatic heterocycles. The molecule has 6 nitrogen and oxygen atoms in total. The van der Waals surface area contributed by atoms with Gasteiger partial charge in [-0.15, -0.1) is 0 Å². The number of benzene rings is 1. The fraction of sp³-hybridized carbons (Fsp3) is 0.556. The van der Waals surface area contributed by atoms with Crippen LogP contribution in [0.15, 0.2) is 47.6 Å². The van der Waals surface area contributed by atoms with E-state index in [0.29, 0.717) is 12.0 Å². The molecule has 4 aliphatic carbocycles. The average molecular weight is 471 g/mol. The summed E-state index contributed by atoms with van der Waals surface area (Å²) in [7, 11) is 0. The number of ketones is 1. The van der Waals surface area contributed by atoms with Crippen LogP contribution in [-0.4, -0.2) is 51.5 Å². The van der Waals surface area contributed by atoms with Crippen LogP contribution in [0.3, 0.4) is 0 Å². The first-order valence-electron chi connectivity index (χ1n) is 11.8. The van der Waals surface area contributed by atoms with Crippen LogP contribution in [0.2, 0.25) is 0 Å². The number of aliphatic hydroxyl groups is 3. The molecule has 182 valence electrons. The van der Waals surface area contributed by atoms with E-state index in [2.05, 4.69) is 13.8 Å². The van der Waals surface area contributed by atoms with E-state index in [4.69, 9.17) is 4.74 Å². The van der Waals surface area contributed by atoms with Gasteiger partial charge in [-0.05, 0) is 71.9 Å². The zero-order valence-electron chi connectivity index (χ0n) is 19.8. The van der Waals surface area contributed by atoms with E-state index in [1.807, 2.05) is 6.92 Å². The van der Waals surface area contributed by atoms with Crippen LogP contribution in [0.1, 0.15) is 44.5 Å². The predicted octanol–water partition coefficient (Wildman–Crippen LogP) is 2.82. The number of carbonyl (C=O) groups is 2. The Hall–Kier alpha value is -2.35. The summed E-state index contributed by atoms with van der Waals surface area (Å²) in [5, 5.41) is 33.9. The summed E-state index contributed by atoms with van der Waals surface area (Å²) in [6.45, 7) is 7.30. The smallest absolute Gasteiger partial charge is 0.338 e. The number of carbonyl (C=O) groups excluding carboxylic acids is 2. The highest BCUT2D eigenvalue weighted by Gasteiger charge is 2.76. The highest BCUT2D eigenvalue weighted by Crippen LogP contribution is 2.71. The van der Waals surface area contributed by atoms with E-state index >= 15 is 0 Å². The maximum atomic E-state index is 14.3. The first-order valence-corrected chi connectivity index (χ1v) is 11.8. The van der Waals surface area contributed by atoms with Crippen molar-refractivity contribution in [3.05, 3.63) is 58.9 Å². The van der Waals surface area contributed by atoms with Gasteiger partial charge in [-0.3, -0.25) is 4.79 Å². The standard InChI is InChI=1S/C27H31FO6/c1-13-11-26-14(2)9-19-20(25(19,3)4)18(22(26)31)10-16(12-29)21(30)27(26,33)23(13)34-24(32)15-5-7-17(28)8-6-15/h5-8,10-11,14,18-21,23,29-30,33H,9,12H2,1-4H3/t14-,18+,19-,20+,21-,23+,26+,27+/m1/s1. The molecule has 1 spiro atoms. The Labute approximate surface area is 198 Å². The lowest BCUT2D eigenvalue weighted by Gasteiger charge is -2.48. The van der Waals surface area contributed by atoms with E-state index in [1.54, 1.807) is 19.1 Å². The monoisotopic (exact) mass is 470 g/mol. The molecule has 0 saturated heterocycles. The van der Waals surface area contributed by atoms with Gasteiger partial charge in [0.15, 0.2) is 17.5 Å². The molecule has 7 heteroatoms. The molecule has 0 radical (unpaired) electrons. The second-order valence-corrected chi connectivity index (χ2v) is 11.2. The molecule has 1 aromatic rings. The Balaban J connectivity index is 1.63. The lowest BCUT2D eigenvalue weighted by molar-refractivity contribution is -0.190. The van der Waals surface area contributed by atoms with Crippen molar-refractivity contribution >= 4 is 11.8 Å². The molecule has 2 fully saturated rings. The summed E-state index contributed by atoms with van der Waals surface area (Å²) < 4.78 is 19.1. The van der Waals surface area contributed by atoms with Gasteiger partial charge < -0.3 is 20.1 Å². The highest BCUT2D eigenvalue weighted by atomic mass is 19.1. The minimum absolute atomic E-state index is 0.0486. The molecule has 8 atom stereocenters. The van der Waals surface area contributed by atoms with Crippen molar-refractivity contribution in [1.82, 2.24) is 0 Å². The quantitative estimate of drug-likeness (QED) is 0.464. The van der Waals surface area contributed by atoms with Crippen molar-refractivity contribution in [2.45, 2.75) is 51.9 Å². The first-order chi connectivity index (χ1) is 15.9. The van der Waals surface area contributed by atoms with Crippen molar-refractivity contribution in [3.8, 4) is 0 Å². The van der Waals surface area contributed by atoms with Crippen LogP contribution in [0.5, 0.6) is 0 Å². The van der Waals surface area contributed by atoms with Gasteiger partial charge in [-0.1, -0.05) is 32.9 Å². The predicted molar refractivity (Wildman–Crippen MR) is 121 cm³/mol. The number of halogens is 1. The van der Waals surface area contributed by atoms with Crippen molar-refractivity contribution in [3.63, 3.8) is 0 Å². The molecule has 4 aliphatic rings. The van der Waals surface area contributed by atoms with Crippen LogP contribution >= 0.6 is 0 Å². The normalized spacial score (nSPS) is 41.9. The number of allylic oxidation sites excluding steroid dienone is 1. The molecule has 2 bridgehead atoms. The van der Waals surface area contributed by atoms with Crippen LogP contribution in [-0.2, 0) is 9.53 Å². The molecule has 2 saturated carbocycles. The number of aliphatic hydroxyl groups excluding tert-OH is 2. The van der Waals surface area contributed by atoms with E-state index in [9.17, 15) is 29.3 Å². The Bertz CT molecular complexity index is 1120. The Morgan fingerprint density at radius 2 is 1.88 bits per heavy atom. The Kier molecular flexibility index (Phi) is 5.04. The molecule has 1 aromatic carbocycles. The number of rotatable bonds is 3. The topological polar surface area (TPSA) is 104 Å². The molecule has 0 unspecified atom stereocenters. The largest absolute Gasteiger partial charge is 0.451 e. The number of hydrogen-bond donors (Lipinski definition) is 3. The van der Waals surface area contributed by atoms with E-state index < -0.39 is 47.5 Å². The molecule has 34 heavy (non-hydrogen) atoms. The lowest BCUT2D eigenvalue weighted by Crippen LogP contribution is -2.65. The highest BCUT2D eigenvalue weighted by molar-refractivity contribution is 5.96. The van der Waals surface area contributed by atoms with Gasteiger partial charge in [0, 0.05) is 5.92 Å². The molecule has 0 amide bonds. The molecule has 0 heterocycles. The summed E-state index contributed by atoms with van der Waals surface area (Å²) >= 11 is 0. The summed E-state index contributed by atoms with van der Waals surface area (Å²) in [5.74, 6) is -2.10. The fourth-order valence-corrected chi connectivity index (χ4v) is 7.35. The summed E-state index contributed by atoms with van der Waals surface area (Å²) in [5.41, 5.74) is -3.03. The summed E-state index contributed by atoms with van der Waals surface area (Å²) in [6.07, 6.45) is 1.07. The number of fused-ring (bicyclic) bond motifs is 3. The van der Waals surface area contributed by atoms with Gasteiger partial charge in [0.1, 0.15) is 11.9 Å². The van der Waals surface area contributed by atoms with Crippen LogP contribution in [0.4, 0.5) is 4.39 Å². The second-order valence-electron chi connectivity index (χ2n) is 11.2. The van der Waals surface area contributed by atoms with Crippen LogP contribution < -0.4 is 0 Å². The first kappa shape index (κ1) is 23.4. The van der Waals surface area contributed by atoms with E-state index in [1.165, 1.54) is 12.1 Å². The number of hydrogen-bond acceptors (Lipinski definition) is 6. The Morgan fingerprint density at radius 1 is 1.24 bits per heavy atom. The maximum Gasteiger partial charge on any atom is 0.338 e. The number of ether oxygens (including phenoxy) is 1. The van der Waals surface area contributed by atoms with Gasteiger partial charge in [0.25, 0.3) is 0 Å². The second kappa shape index (κ2) is 7.33. The molecule has 3 N–H and O–H groups in total. The van der Waals surface area contributed by atoms with Crippen molar-refractivity contribution < 1.29 is 34.0 Å². The molecular formula is C27H31FO6. The van der Waals surface area contributed by atoms with E-state index in [0.717, 1.165) is 12.1 Å². The van der Waals surface area contributed by atoms with Crippen LogP contribution in [0.25, 0.3) is 0 Å². The minimum atomic E-state index is -2.19.